The Morgan fingerprint density at radius 3 is 2.56 bits per heavy atom. The average Bonchev–Trinajstić information content (AvgIpc) is 2.68. The van der Waals surface area contributed by atoms with E-state index >= 15 is 0 Å². The first-order valence-electron chi connectivity index (χ1n) is 6.37. The molecule has 0 aliphatic heterocycles. The van der Waals surface area contributed by atoms with Gasteiger partial charge < -0.3 is 4.74 Å². The van der Waals surface area contributed by atoms with Crippen LogP contribution in [0.4, 0.5) is 0 Å². The molecule has 2 bridgehead atoms. The van der Waals surface area contributed by atoms with E-state index in [4.69, 9.17) is 9.57 Å². The molecule has 2 aliphatic carbocycles. The van der Waals surface area contributed by atoms with E-state index in [1.165, 1.54) is 19.3 Å². The fourth-order valence-corrected chi connectivity index (χ4v) is 3.86. The first-order valence-corrected chi connectivity index (χ1v) is 6.37. The molecule has 3 heteroatoms. The molecule has 0 saturated heterocycles. The van der Waals surface area contributed by atoms with E-state index in [0.29, 0.717) is 30.1 Å². The van der Waals surface area contributed by atoms with Crippen LogP contribution in [0.3, 0.4) is 0 Å². The average molecular weight is 227 g/mol. The summed E-state index contributed by atoms with van der Waals surface area (Å²) in [5.74, 6) is 0.862. The summed E-state index contributed by atoms with van der Waals surface area (Å²) in [5.41, 5.74) is 4.09. The SMILES string of the molecule is COCCONC1C2(C)CCC(C2)C1(C)C. The number of nitrogens with one attached hydrogen (secondary N) is 1. The third-order valence-electron chi connectivity index (χ3n) is 4.86. The lowest BCUT2D eigenvalue weighted by molar-refractivity contribution is -0.0651. The zero-order chi connectivity index (χ0) is 11.8. The van der Waals surface area contributed by atoms with Gasteiger partial charge in [-0.25, -0.2) is 0 Å². The molecule has 16 heavy (non-hydrogen) atoms. The van der Waals surface area contributed by atoms with Crippen molar-refractivity contribution in [3.63, 3.8) is 0 Å². The Morgan fingerprint density at radius 1 is 1.25 bits per heavy atom. The van der Waals surface area contributed by atoms with Crippen LogP contribution in [0, 0.1) is 16.7 Å². The smallest absolute Gasteiger partial charge is 0.0916 e. The second-order valence-electron chi connectivity index (χ2n) is 6.31. The van der Waals surface area contributed by atoms with Crippen LogP contribution in [0.2, 0.25) is 0 Å². The van der Waals surface area contributed by atoms with Crippen molar-refractivity contribution in [2.24, 2.45) is 16.7 Å². The van der Waals surface area contributed by atoms with Gasteiger partial charge in [-0.05, 0) is 36.0 Å². The summed E-state index contributed by atoms with van der Waals surface area (Å²) in [5, 5.41) is 0. The van der Waals surface area contributed by atoms with Gasteiger partial charge >= 0.3 is 0 Å². The molecule has 2 aliphatic rings. The maximum atomic E-state index is 5.54. The third kappa shape index (κ3) is 1.89. The first kappa shape index (κ1) is 12.3. The maximum Gasteiger partial charge on any atom is 0.0916 e. The Morgan fingerprint density at radius 2 is 2.00 bits per heavy atom. The van der Waals surface area contributed by atoms with Crippen molar-refractivity contribution in [1.29, 1.82) is 0 Å². The number of hydrogen-bond donors (Lipinski definition) is 1. The highest BCUT2D eigenvalue weighted by Crippen LogP contribution is 2.62. The summed E-state index contributed by atoms with van der Waals surface area (Å²) in [7, 11) is 1.70. The molecule has 0 aromatic carbocycles. The fourth-order valence-electron chi connectivity index (χ4n) is 3.86. The standard InChI is InChI=1S/C13H25NO2/c1-12(2)10-5-6-13(3,9-10)11(12)14-16-8-7-15-4/h10-11,14H,5-9H2,1-4H3. The highest BCUT2D eigenvalue weighted by atomic mass is 16.7. The molecule has 3 nitrogen and oxygen atoms in total. The number of hydrogen-bond acceptors (Lipinski definition) is 3. The molecule has 0 amide bonds. The number of hydroxylamine groups is 1. The molecule has 0 heterocycles. The van der Waals surface area contributed by atoms with Crippen molar-refractivity contribution in [3.8, 4) is 0 Å². The number of ether oxygens (including phenoxy) is 1. The van der Waals surface area contributed by atoms with Crippen LogP contribution in [0.5, 0.6) is 0 Å². The van der Waals surface area contributed by atoms with Crippen molar-refractivity contribution in [3.05, 3.63) is 0 Å². The van der Waals surface area contributed by atoms with Crippen LogP contribution in [0.15, 0.2) is 0 Å². The number of fused-ring (bicyclic) bond motifs is 2. The van der Waals surface area contributed by atoms with Gasteiger partial charge in [0.1, 0.15) is 0 Å². The molecule has 2 rings (SSSR count). The van der Waals surface area contributed by atoms with Gasteiger partial charge in [0.25, 0.3) is 0 Å². The van der Waals surface area contributed by atoms with Crippen LogP contribution >= 0.6 is 0 Å². The Bertz CT molecular complexity index is 250. The van der Waals surface area contributed by atoms with E-state index in [2.05, 4.69) is 26.3 Å². The number of rotatable bonds is 5. The molecule has 2 saturated carbocycles. The van der Waals surface area contributed by atoms with E-state index in [1.54, 1.807) is 7.11 Å². The lowest BCUT2D eigenvalue weighted by Gasteiger charge is -2.42. The van der Waals surface area contributed by atoms with Crippen LogP contribution in [-0.2, 0) is 9.57 Å². The van der Waals surface area contributed by atoms with Gasteiger partial charge in [-0.3, -0.25) is 4.84 Å². The maximum absolute atomic E-state index is 5.54. The summed E-state index contributed by atoms with van der Waals surface area (Å²) >= 11 is 0. The van der Waals surface area contributed by atoms with Crippen molar-refractivity contribution in [1.82, 2.24) is 5.48 Å². The Balaban J connectivity index is 1.92. The quantitative estimate of drug-likeness (QED) is 0.578. The second-order valence-corrected chi connectivity index (χ2v) is 6.31. The first-order chi connectivity index (χ1) is 7.50. The monoisotopic (exact) mass is 227 g/mol. The van der Waals surface area contributed by atoms with E-state index in [-0.39, 0.29) is 0 Å². The third-order valence-corrected chi connectivity index (χ3v) is 4.86. The van der Waals surface area contributed by atoms with Crippen molar-refractivity contribution >= 4 is 0 Å². The molecule has 0 aromatic heterocycles. The Labute approximate surface area is 98.8 Å². The summed E-state index contributed by atoms with van der Waals surface area (Å²) in [6.07, 6.45) is 4.08. The lowest BCUT2D eigenvalue weighted by atomic mass is 9.69. The summed E-state index contributed by atoms with van der Waals surface area (Å²) in [6, 6.07) is 0.482. The predicted molar refractivity (Wildman–Crippen MR) is 64.0 cm³/mol. The molecular formula is C13H25NO2. The topological polar surface area (TPSA) is 30.5 Å². The zero-order valence-electron chi connectivity index (χ0n) is 11.0. The van der Waals surface area contributed by atoms with Crippen LogP contribution in [-0.4, -0.2) is 26.4 Å². The zero-order valence-corrected chi connectivity index (χ0v) is 11.0. The molecule has 0 radical (unpaired) electrons. The van der Waals surface area contributed by atoms with Gasteiger partial charge in [0.2, 0.25) is 0 Å². The van der Waals surface area contributed by atoms with Gasteiger partial charge in [-0.2, -0.15) is 5.48 Å². The van der Waals surface area contributed by atoms with Crippen molar-refractivity contribution < 1.29 is 9.57 Å². The molecule has 3 unspecified atom stereocenters. The Hall–Kier alpha value is -0.120. The fraction of sp³-hybridized carbons (Fsp3) is 1.00. The molecule has 2 fully saturated rings. The molecule has 94 valence electrons. The van der Waals surface area contributed by atoms with Gasteiger partial charge in [0, 0.05) is 13.2 Å². The van der Waals surface area contributed by atoms with Crippen LogP contribution < -0.4 is 5.48 Å². The van der Waals surface area contributed by atoms with Gasteiger partial charge in [0.15, 0.2) is 0 Å². The van der Waals surface area contributed by atoms with E-state index < -0.39 is 0 Å². The normalized spacial score (nSPS) is 40.5. The summed E-state index contributed by atoms with van der Waals surface area (Å²) in [4.78, 5) is 5.54. The molecule has 0 spiro atoms. The Kier molecular flexibility index (Phi) is 3.30. The largest absolute Gasteiger partial charge is 0.382 e. The van der Waals surface area contributed by atoms with E-state index in [1.807, 2.05) is 0 Å². The minimum Gasteiger partial charge on any atom is -0.382 e. The van der Waals surface area contributed by atoms with Gasteiger partial charge in [-0.1, -0.05) is 20.8 Å². The minimum atomic E-state index is 0.361. The highest BCUT2D eigenvalue weighted by molar-refractivity contribution is 5.11. The predicted octanol–water partition coefficient (Wildman–Crippen LogP) is 2.37. The van der Waals surface area contributed by atoms with Gasteiger partial charge in [-0.15, -0.1) is 0 Å². The number of methoxy groups -OCH3 is 1. The van der Waals surface area contributed by atoms with E-state index in [0.717, 1.165) is 5.92 Å². The molecule has 3 atom stereocenters. The highest BCUT2D eigenvalue weighted by Gasteiger charge is 2.59. The van der Waals surface area contributed by atoms with Gasteiger partial charge in [0.05, 0.1) is 13.2 Å². The molecule has 0 aromatic rings. The van der Waals surface area contributed by atoms with E-state index in [9.17, 15) is 0 Å². The van der Waals surface area contributed by atoms with Crippen LogP contribution in [0.25, 0.3) is 0 Å². The second kappa shape index (κ2) is 4.28. The summed E-state index contributed by atoms with van der Waals surface area (Å²) in [6.45, 7) is 8.43. The van der Waals surface area contributed by atoms with Crippen LogP contribution in [0.1, 0.15) is 40.0 Å². The molecule has 1 N–H and O–H groups in total. The summed E-state index contributed by atoms with van der Waals surface area (Å²) < 4.78 is 4.98. The van der Waals surface area contributed by atoms with Crippen molar-refractivity contribution in [2.75, 3.05) is 20.3 Å². The lowest BCUT2D eigenvalue weighted by Crippen LogP contribution is -2.50. The molecular weight excluding hydrogens is 202 g/mol. The van der Waals surface area contributed by atoms with Crippen molar-refractivity contribution in [2.45, 2.75) is 46.1 Å². The minimum absolute atomic E-state index is 0.361.